The quantitative estimate of drug-likeness (QED) is 0.774. The zero-order valence-electron chi connectivity index (χ0n) is 14.1. The molecule has 5 heteroatoms. The second-order valence-corrected chi connectivity index (χ2v) is 6.45. The first kappa shape index (κ1) is 17.2. The van der Waals surface area contributed by atoms with Crippen molar-refractivity contribution in [1.29, 1.82) is 0 Å². The third-order valence-corrected chi connectivity index (χ3v) is 4.92. The first-order valence-corrected chi connectivity index (χ1v) is 8.34. The molecule has 124 valence electrons. The zero-order valence-corrected chi connectivity index (χ0v) is 14.1. The van der Waals surface area contributed by atoms with Crippen molar-refractivity contribution in [2.45, 2.75) is 63.4 Å². The summed E-state index contributed by atoms with van der Waals surface area (Å²) in [6, 6.07) is 1.32. The predicted molar refractivity (Wildman–Crippen MR) is 83.5 cm³/mol. The van der Waals surface area contributed by atoms with Crippen LogP contribution in [-0.2, 0) is 14.2 Å². The van der Waals surface area contributed by atoms with Crippen LogP contribution in [0.3, 0.4) is 0 Å². The fraction of sp³-hybridized carbons (Fsp3) is 1.00. The van der Waals surface area contributed by atoms with Crippen LogP contribution in [0.15, 0.2) is 0 Å². The number of nitrogens with zero attached hydrogens (tertiary/aromatic N) is 1. The molecule has 1 saturated heterocycles. The van der Waals surface area contributed by atoms with E-state index in [1.54, 1.807) is 7.11 Å². The van der Waals surface area contributed by atoms with Crippen LogP contribution in [0.25, 0.3) is 0 Å². The highest BCUT2D eigenvalue weighted by atomic mass is 16.7. The van der Waals surface area contributed by atoms with Crippen LogP contribution in [0.5, 0.6) is 0 Å². The molecule has 2 rings (SSSR count). The smallest absolute Gasteiger partial charge is 0.170 e. The van der Waals surface area contributed by atoms with Gasteiger partial charge in [0.25, 0.3) is 0 Å². The van der Waals surface area contributed by atoms with Crippen molar-refractivity contribution >= 4 is 0 Å². The summed E-state index contributed by atoms with van der Waals surface area (Å²) in [4.78, 5) is 2.43. The molecule has 1 saturated carbocycles. The molecule has 1 spiro atoms. The maximum absolute atomic E-state index is 5.95. The summed E-state index contributed by atoms with van der Waals surface area (Å²) in [5.74, 6) is -0.337. The van der Waals surface area contributed by atoms with E-state index in [1.807, 2.05) is 0 Å². The Morgan fingerprint density at radius 3 is 2.71 bits per heavy atom. The van der Waals surface area contributed by atoms with E-state index in [4.69, 9.17) is 14.2 Å². The lowest BCUT2D eigenvalue weighted by molar-refractivity contribution is -0.194. The summed E-state index contributed by atoms with van der Waals surface area (Å²) in [5.41, 5.74) is 0. The number of rotatable bonds is 7. The molecule has 0 bridgehead atoms. The Balaban J connectivity index is 2.04. The standard InChI is InChI=1S/C16H32N2O3/c1-5-8-17-14-6-7-16(20-9-10-21-16)11-15(14)18(3)13(2)12-19-4/h13-15,17H,5-12H2,1-4H3. The number of hydrogen-bond donors (Lipinski definition) is 1. The Hall–Kier alpha value is -0.200. The summed E-state index contributed by atoms with van der Waals surface area (Å²) in [6.45, 7) is 7.73. The van der Waals surface area contributed by atoms with Gasteiger partial charge in [-0.15, -0.1) is 0 Å². The number of ether oxygens (including phenoxy) is 3. The predicted octanol–water partition coefficient (Wildman–Crippen LogP) is 1.62. The molecule has 0 aromatic rings. The van der Waals surface area contributed by atoms with Crippen molar-refractivity contribution < 1.29 is 14.2 Å². The lowest BCUT2D eigenvalue weighted by Crippen LogP contribution is -2.59. The van der Waals surface area contributed by atoms with Gasteiger partial charge >= 0.3 is 0 Å². The van der Waals surface area contributed by atoms with E-state index < -0.39 is 0 Å². The molecule has 0 radical (unpaired) electrons. The van der Waals surface area contributed by atoms with Crippen LogP contribution < -0.4 is 5.32 Å². The van der Waals surface area contributed by atoms with Gasteiger partial charge in [0.2, 0.25) is 0 Å². The van der Waals surface area contributed by atoms with Crippen LogP contribution >= 0.6 is 0 Å². The van der Waals surface area contributed by atoms with Gasteiger partial charge in [0.05, 0.1) is 19.8 Å². The number of likely N-dealkylation sites (N-methyl/N-ethyl adjacent to an activating group) is 1. The molecule has 3 unspecified atom stereocenters. The minimum Gasteiger partial charge on any atom is -0.383 e. The van der Waals surface area contributed by atoms with Crippen LogP contribution in [-0.4, -0.2) is 69.3 Å². The SMILES string of the molecule is CCCNC1CCC2(CC1N(C)C(C)COC)OCCO2. The summed E-state index contributed by atoms with van der Waals surface area (Å²) in [6.07, 6.45) is 4.21. The minimum absolute atomic E-state index is 0.337. The normalized spacial score (nSPS) is 30.1. The molecule has 1 aliphatic heterocycles. The summed E-state index contributed by atoms with van der Waals surface area (Å²) >= 11 is 0. The van der Waals surface area contributed by atoms with Gasteiger partial charge in [-0.3, -0.25) is 4.90 Å². The fourth-order valence-electron chi connectivity index (χ4n) is 3.57. The average molecular weight is 300 g/mol. The van der Waals surface area contributed by atoms with Crippen LogP contribution in [0.2, 0.25) is 0 Å². The molecule has 2 fully saturated rings. The highest BCUT2D eigenvalue weighted by Crippen LogP contribution is 2.38. The van der Waals surface area contributed by atoms with Crippen LogP contribution in [0.4, 0.5) is 0 Å². The van der Waals surface area contributed by atoms with Gasteiger partial charge in [-0.05, 0) is 33.4 Å². The first-order chi connectivity index (χ1) is 10.1. The van der Waals surface area contributed by atoms with Gasteiger partial charge in [0.15, 0.2) is 5.79 Å². The van der Waals surface area contributed by atoms with Crippen molar-refractivity contribution in [2.75, 3.05) is 40.5 Å². The summed E-state index contributed by atoms with van der Waals surface area (Å²) in [5, 5.41) is 3.71. The Morgan fingerprint density at radius 1 is 1.38 bits per heavy atom. The second-order valence-electron chi connectivity index (χ2n) is 6.45. The number of hydrogen-bond acceptors (Lipinski definition) is 5. The second kappa shape index (κ2) is 7.88. The van der Waals surface area contributed by atoms with Gasteiger partial charge in [-0.25, -0.2) is 0 Å². The molecule has 0 aromatic heterocycles. The Bertz CT molecular complexity index is 306. The molecule has 3 atom stereocenters. The highest BCUT2D eigenvalue weighted by Gasteiger charge is 2.46. The molecule has 1 aliphatic carbocycles. The number of nitrogens with one attached hydrogen (secondary N) is 1. The van der Waals surface area contributed by atoms with Gasteiger partial charge in [-0.1, -0.05) is 6.92 Å². The average Bonchev–Trinajstić information content (AvgIpc) is 2.93. The van der Waals surface area contributed by atoms with E-state index >= 15 is 0 Å². The van der Waals surface area contributed by atoms with Gasteiger partial charge in [0, 0.05) is 38.1 Å². The highest BCUT2D eigenvalue weighted by molar-refractivity contribution is 4.96. The Kier molecular flexibility index (Phi) is 6.44. The van der Waals surface area contributed by atoms with Crippen molar-refractivity contribution in [3.63, 3.8) is 0 Å². The van der Waals surface area contributed by atoms with Gasteiger partial charge in [-0.2, -0.15) is 0 Å². The van der Waals surface area contributed by atoms with E-state index in [-0.39, 0.29) is 5.79 Å². The van der Waals surface area contributed by atoms with Crippen molar-refractivity contribution in [3.05, 3.63) is 0 Å². The zero-order chi connectivity index (χ0) is 15.3. The Morgan fingerprint density at radius 2 is 2.10 bits per heavy atom. The largest absolute Gasteiger partial charge is 0.383 e. The third kappa shape index (κ3) is 4.17. The Labute approximate surface area is 129 Å². The molecule has 5 nitrogen and oxygen atoms in total. The van der Waals surface area contributed by atoms with E-state index in [2.05, 4.69) is 31.1 Å². The number of methoxy groups -OCH3 is 1. The molecule has 1 heterocycles. The minimum atomic E-state index is -0.337. The molecule has 21 heavy (non-hydrogen) atoms. The van der Waals surface area contributed by atoms with Gasteiger partial charge in [0.1, 0.15) is 0 Å². The van der Waals surface area contributed by atoms with Crippen molar-refractivity contribution in [3.8, 4) is 0 Å². The van der Waals surface area contributed by atoms with Crippen LogP contribution in [0.1, 0.15) is 39.5 Å². The van der Waals surface area contributed by atoms with E-state index in [9.17, 15) is 0 Å². The molecule has 2 aliphatic rings. The van der Waals surface area contributed by atoms with E-state index in [1.165, 1.54) is 6.42 Å². The third-order valence-electron chi connectivity index (χ3n) is 4.92. The lowest BCUT2D eigenvalue weighted by Gasteiger charge is -2.46. The maximum atomic E-state index is 5.95. The van der Waals surface area contributed by atoms with E-state index in [0.717, 1.165) is 45.6 Å². The van der Waals surface area contributed by atoms with E-state index in [0.29, 0.717) is 18.1 Å². The fourth-order valence-corrected chi connectivity index (χ4v) is 3.57. The van der Waals surface area contributed by atoms with Crippen molar-refractivity contribution in [1.82, 2.24) is 10.2 Å². The first-order valence-electron chi connectivity index (χ1n) is 8.34. The topological polar surface area (TPSA) is 43.0 Å². The lowest BCUT2D eigenvalue weighted by atomic mass is 9.84. The van der Waals surface area contributed by atoms with Crippen molar-refractivity contribution in [2.24, 2.45) is 0 Å². The molecule has 0 amide bonds. The molecule has 1 N–H and O–H groups in total. The maximum Gasteiger partial charge on any atom is 0.170 e. The molecule has 0 aromatic carbocycles. The molecular formula is C16H32N2O3. The summed E-state index contributed by atoms with van der Waals surface area (Å²) < 4.78 is 17.2. The van der Waals surface area contributed by atoms with Crippen LogP contribution in [0, 0.1) is 0 Å². The summed E-state index contributed by atoms with van der Waals surface area (Å²) in [7, 11) is 3.96. The van der Waals surface area contributed by atoms with Gasteiger partial charge < -0.3 is 19.5 Å². The monoisotopic (exact) mass is 300 g/mol. The molecular weight excluding hydrogens is 268 g/mol.